The second-order valence-corrected chi connectivity index (χ2v) is 7.82. The third-order valence-electron chi connectivity index (χ3n) is 4.49. The number of fused-ring (bicyclic) bond motifs is 1. The Hall–Kier alpha value is -0.850. The first kappa shape index (κ1) is 15.1. The number of aromatic amines is 1. The predicted molar refractivity (Wildman–Crippen MR) is 89.4 cm³/mol. The fraction of sp³-hybridized carbons (Fsp3) is 0.400. The van der Waals surface area contributed by atoms with Crippen LogP contribution in [0, 0.1) is 5.41 Å². The second-order valence-electron chi connectivity index (χ2n) is 6.11. The number of aromatic nitrogens is 1. The average molecular weight is 416 g/mol. The minimum Gasteiger partial charge on any atom is -0.392 e. The summed E-state index contributed by atoms with van der Waals surface area (Å²) in [7, 11) is 0. The second kappa shape index (κ2) is 5.11. The third-order valence-corrected chi connectivity index (χ3v) is 6.33. The number of amides is 1. The van der Waals surface area contributed by atoms with Crippen LogP contribution in [0.5, 0.6) is 0 Å². The maximum Gasteiger partial charge on any atom is 0.253 e. The van der Waals surface area contributed by atoms with E-state index in [2.05, 4.69) is 42.2 Å². The van der Waals surface area contributed by atoms with Crippen LogP contribution in [-0.2, 0) is 0 Å². The van der Waals surface area contributed by atoms with Crippen molar-refractivity contribution in [3.8, 4) is 0 Å². The molecule has 1 fully saturated rings. The lowest BCUT2D eigenvalue weighted by molar-refractivity contribution is -0.0689. The van der Waals surface area contributed by atoms with Gasteiger partial charge < -0.3 is 15.4 Å². The first-order chi connectivity index (χ1) is 9.80. The van der Waals surface area contributed by atoms with Crippen LogP contribution in [0.15, 0.2) is 27.3 Å². The fourth-order valence-corrected chi connectivity index (χ4v) is 3.37. The largest absolute Gasteiger partial charge is 0.392 e. The highest BCUT2D eigenvalue weighted by atomic mass is 79.9. The highest BCUT2D eigenvalue weighted by Crippen LogP contribution is 2.40. The molecule has 1 aliphatic rings. The molecule has 3 rings (SSSR count). The van der Waals surface area contributed by atoms with Crippen molar-refractivity contribution in [2.24, 2.45) is 5.41 Å². The first-order valence-corrected chi connectivity index (χ1v) is 8.34. The van der Waals surface area contributed by atoms with E-state index in [4.69, 9.17) is 0 Å². The molecule has 1 amide bonds. The van der Waals surface area contributed by atoms with Crippen molar-refractivity contribution < 1.29 is 9.90 Å². The first-order valence-electron chi connectivity index (χ1n) is 6.75. The molecule has 0 saturated heterocycles. The molecule has 1 aromatic heterocycles. The lowest BCUT2D eigenvalue weighted by Gasteiger charge is -2.49. The van der Waals surface area contributed by atoms with Crippen LogP contribution in [0.1, 0.15) is 30.6 Å². The lowest BCUT2D eigenvalue weighted by Crippen LogP contribution is -2.61. The number of carbonyl (C=O) groups excluding carboxylic acids is 1. The number of carbonyl (C=O) groups is 1. The molecule has 4 nitrogen and oxygen atoms in total. The molecule has 112 valence electrons. The SMILES string of the molecule is CC1(C)C(O)CC1NC(=O)c1c[nH]c2cc(Br)c(Br)cc12. The van der Waals surface area contributed by atoms with Crippen LogP contribution in [0.25, 0.3) is 10.9 Å². The van der Waals surface area contributed by atoms with Gasteiger partial charge in [-0.25, -0.2) is 0 Å². The molecule has 6 heteroatoms. The van der Waals surface area contributed by atoms with Gasteiger partial charge in [-0.1, -0.05) is 13.8 Å². The number of aliphatic hydroxyl groups is 1. The van der Waals surface area contributed by atoms with Crippen LogP contribution in [0.2, 0.25) is 0 Å². The molecule has 1 heterocycles. The summed E-state index contributed by atoms with van der Waals surface area (Å²) in [4.78, 5) is 15.6. The molecule has 0 bridgehead atoms. The topological polar surface area (TPSA) is 65.1 Å². The molecule has 2 aromatic rings. The summed E-state index contributed by atoms with van der Waals surface area (Å²) < 4.78 is 1.84. The van der Waals surface area contributed by atoms with Crippen molar-refractivity contribution >= 4 is 48.7 Å². The van der Waals surface area contributed by atoms with E-state index in [9.17, 15) is 9.90 Å². The molecule has 0 aliphatic heterocycles. The van der Waals surface area contributed by atoms with Crippen LogP contribution in [0.3, 0.4) is 0 Å². The van der Waals surface area contributed by atoms with Gasteiger partial charge in [0.25, 0.3) is 5.91 Å². The molecule has 1 aliphatic carbocycles. The molecule has 2 unspecified atom stereocenters. The molecule has 1 aromatic carbocycles. The summed E-state index contributed by atoms with van der Waals surface area (Å²) in [5.74, 6) is -0.111. The van der Waals surface area contributed by atoms with Crippen LogP contribution < -0.4 is 5.32 Å². The molecule has 0 radical (unpaired) electrons. The number of hydrogen-bond donors (Lipinski definition) is 3. The maximum atomic E-state index is 12.5. The van der Waals surface area contributed by atoms with Crippen LogP contribution >= 0.6 is 31.9 Å². The Morgan fingerprint density at radius 2 is 2.05 bits per heavy atom. The van der Waals surface area contributed by atoms with E-state index < -0.39 is 0 Å². The number of halogens is 2. The zero-order valence-electron chi connectivity index (χ0n) is 11.7. The Bertz CT molecular complexity index is 724. The Kier molecular flexibility index (Phi) is 3.66. The normalized spacial score (nSPS) is 23.9. The molecule has 3 N–H and O–H groups in total. The van der Waals surface area contributed by atoms with Gasteiger partial charge in [-0.05, 0) is 50.4 Å². The van der Waals surface area contributed by atoms with E-state index in [0.29, 0.717) is 12.0 Å². The van der Waals surface area contributed by atoms with E-state index >= 15 is 0 Å². The van der Waals surface area contributed by atoms with Gasteiger partial charge in [0, 0.05) is 37.5 Å². The molecule has 2 atom stereocenters. The molecule has 1 saturated carbocycles. The van der Waals surface area contributed by atoms with Gasteiger partial charge >= 0.3 is 0 Å². The van der Waals surface area contributed by atoms with Crippen LogP contribution in [-0.4, -0.2) is 28.1 Å². The number of benzene rings is 1. The van der Waals surface area contributed by atoms with Gasteiger partial charge in [0.1, 0.15) is 0 Å². The fourth-order valence-electron chi connectivity index (χ4n) is 2.69. The van der Waals surface area contributed by atoms with Gasteiger partial charge in [0.05, 0.1) is 11.7 Å². The lowest BCUT2D eigenvalue weighted by atomic mass is 9.64. The monoisotopic (exact) mass is 414 g/mol. The summed E-state index contributed by atoms with van der Waals surface area (Å²) >= 11 is 6.91. The smallest absolute Gasteiger partial charge is 0.253 e. The summed E-state index contributed by atoms with van der Waals surface area (Å²) in [6, 6.07) is 3.86. The Labute approximate surface area is 139 Å². The maximum absolute atomic E-state index is 12.5. The average Bonchev–Trinajstić information content (AvgIpc) is 2.81. The van der Waals surface area contributed by atoms with E-state index in [1.54, 1.807) is 6.20 Å². The predicted octanol–water partition coefficient (Wildman–Crippen LogP) is 3.58. The number of hydrogen-bond acceptors (Lipinski definition) is 2. The Balaban J connectivity index is 1.87. The highest BCUT2D eigenvalue weighted by molar-refractivity contribution is 9.13. The van der Waals surface area contributed by atoms with Crippen molar-refractivity contribution in [1.29, 1.82) is 0 Å². The van der Waals surface area contributed by atoms with Crippen molar-refractivity contribution in [3.05, 3.63) is 32.8 Å². The van der Waals surface area contributed by atoms with Crippen LogP contribution in [0.4, 0.5) is 0 Å². The number of rotatable bonds is 2. The van der Waals surface area contributed by atoms with Crippen molar-refractivity contribution in [3.63, 3.8) is 0 Å². The highest BCUT2D eigenvalue weighted by Gasteiger charge is 2.48. The van der Waals surface area contributed by atoms with Crippen molar-refractivity contribution in [1.82, 2.24) is 10.3 Å². The van der Waals surface area contributed by atoms with Crippen molar-refractivity contribution in [2.45, 2.75) is 32.4 Å². The number of nitrogens with one attached hydrogen (secondary N) is 2. The Morgan fingerprint density at radius 1 is 1.38 bits per heavy atom. The summed E-state index contributed by atoms with van der Waals surface area (Å²) in [6.45, 7) is 3.93. The summed E-state index contributed by atoms with van der Waals surface area (Å²) in [5, 5.41) is 13.7. The zero-order valence-corrected chi connectivity index (χ0v) is 14.9. The minimum atomic E-state index is -0.351. The minimum absolute atomic E-state index is 0.00355. The molecule has 21 heavy (non-hydrogen) atoms. The Morgan fingerprint density at radius 3 is 2.67 bits per heavy atom. The van der Waals surface area contributed by atoms with Gasteiger partial charge in [-0.15, -0.1) is 0 Å². The van der Waals surface area contributed by atoms with Gasteiger partial charge in [-0.2, -0.15) is 0 Å². The third kappa shape index (κ3) is 2.43. The summed E-state index contributed by atoms with van der Waals surface area (Å²) in [5.41, 5.74) is 1.25. The van der Waals surface area contributed by atoms with E-state index in [1.165, 1.54) is 0 Å². The van der Waals surface area contributed by atoms with Gasteiger partial charge in [-0.3, -0.25) is 4.79 Å². The van der Waals surface area contributed by atoms with Gasteiger partial charge in [0.2, 0.25) is 0 Å². The number of aliphatic hydroxyl groups excluding tert-OH is 1. The number of H-pyrrole nitrogens is 1. The van der Waals surface area contributed by atoms with E-state index in [1.807, 2.05) is 26.0 Å². The quantitative estimate of drug-likeness (QED) is 0.701. The molecular formula is C15H16Br2N2O2. The summed E-state index contributed by atoms with van der Waals surface area (Å²) in [6.07, 6.45) is 1.98. The molecular weight excluding hydrogens is 400 g/mol. The van der Waals surface area contributed by atoms with Gasteiger partial charge in [0.15, 0.2) is 0 Å². The van der Waals surface area contributed by atoms with E-state index in [0.717, 1.165) is 19.8 Å². The van der Waals surface area contributed by atoms with Crippen molar-refractivity contribution in [2.75, 3.05) is 0 Å². The molecule has 0 spiro atoms. The zero-order chi connectivity index (χ0) is 15.4. The van der Waals surface area contributed by atoms with E-state index in [-0.39, 0.29) is 23.5 Å². The standard InChI is InChI=1S/C15H16Br2N2O2/c1-15(2)12(5-13(15)20)19-14(21)8-6-18-11-4-10(17)9(16)3-7(8)11/h3-4,6,12-13,18,20H,5H2,1-2H3,(H,19,21).